The maximum atomic E-state index is 11.9. The highest BCUT2D eigenvalue weighted by atomic mass is 16.4. The van der Waals surface area contributed by atoms with Crippen LogP contribution in [-0.2, 0) is 4.79 Å². The second kappa shape index (κ2) is 7.99. The molecule has 0 saturated carbocycles. The predicted octanol–water partition coefficient (Wildman–Crippen LogP) is 0.0904. The Morgan fingerprint density at radius 3 is 2.25 bits per heavy atom. The summed E-state index contributed by atoms with van der Waals surface area (Å²) >= 11 is 0. The lowest BCUT2D eigenvalue weighted by Crippen LogP contribution is -2.47. The molecule has 1 aliphatic heterocycles. The van der Waals surface area contributed by atoms with Gasteiger partial charge in [0.05, 0.1) is 5.69 Å². The number of amides is 1. The number of aromatic nitrogens is 2. The van der Waals surface area contributed by atoms with E-state index in [-0.39, 0.29) is 5.95 Å². The fraction of sp³-hybridized carbons (Fsp3) is 0.333. The molecule has 0 bridgehead atoms. The third kappa shape index (κ3) is 4.22. The minimum Gasteiger partial charge on any atom is -0.480 e. The van der Waals surface area contributed by atoms with E-state index in [0.29, 0.717) is 11.4 Å². The van der Waals surface area contributed by atoms with Crippen molar-refractivity contribution in [2.75, 3.05) is 54.0 Å². The summed E-state index contributed by atoms with van der Waals surface area (Å²) in [4.78, 5) is 35.0. The van der Waals surface area contributed by atoms with Gasteiger partial charge in [0.25, 0.3) is 5.91 Å². The fourth-order valence-electron chi connectivity index (χ4n) is 3.27. The van der Waals surface area contributed by atoms with Crippen LogP contribution in [0.15, 0.2) is 24.3 Å². The van der Waals surface area contributed by atoms with Crippen LogP contribution >= 0.6 is 0 Å². The molecule has 0 unspecified atom stereocenters. The maximum Gasteiger partial charge on any atom is 0.322 e. The number of nitrogens with zero attached hydrogens (tertiary/aromatic N) is 4. The number of anilines is 4. The van der Waals surface area contributed by atoms with E-state index in [1.54, 1.807) is 12.1 Å². The third-order valence-electron chi connectivity index (χ3n) is 4.59. The zero-order valence-corrected chi connectivity index (χ0v) is 15.6. The topological polar surface area (TPSA) is 151 Å². The summed E-state index contributed by atoms with van der Waals surface area (Å²) in [5.74, 6) is -0.932. The first-order chi connectivity index (χ1) is 13.3. The standard InChI is InChI=1S/C18H23N7O3/c1-11-15(16(19)23-18(20)22-11)25-8-6-24(7-9-25)13-4-2-12(3-5-13)17(28)21-10-14(26)27/h2-5H,6-10H2,1H3,(H,21,28)(H,26,27)(H4,19,20,22,23). The highest BCUT2D eigenvalue weighted by Gasteiger charge is 2.22. The molecule has 0 aliphatic carbocycles. The number of carboxylic acid groups (broad SMARTS) is 1. The quantitative estimate of drug-likeness (QED) is 0.561. The summed E-state index contributed by atoms with van der Waals surface area (Å²) in [5, 5.41) is 11.0. The summed E-state index contributed by atoms with van der Waals surface area (Å²) in [6.07, 6.45) is 0. The smallest absolute Gasteiger partial charge is 0.322 e. The maximum absolute atomic E-state index is 11.9. The van der Waals surface area contributed by atoms with Crippen LogP contribution in [0.5, 0.6) is 0 Å². The van der Waals surface area contributed by atoms with Gasteiger partial charge in [0.2, 0.25) is 5.95 Å². The molecule has 28 heavy (non-hydrogen) atoms. The van der Waals surface area contributed by atoms with E-state index >= 15 is 0 Å². The van der Waals surface area contributed by atoms with E-state index in [4.69, 9.17) is 16.6 Å². The van der Waals surface area contributed by atoms with Gasteiger partial charge in [-0.15, -0.1) is 0 Å². The SMILES string of the molecule is Cc1nc(N)nc(N)c1N1CCN(c2ccc(C(=O)NCC(=O)O)cc2)CC1. The van der Waals surface area contributed by atoms with Crippen molar-refractivity contribution in [3.63, 3.8) is 0 Å². The van der Waals surface area contributed by atoms with Crippen LogP contribution in [0.25, 0.3) is 0 Å². The summed E-state index contributed by atoms with van der Waals surface area (Å²) in [7, 11) is 0. The van der Waals surface area contributed by atoms with Crippen molar-refractivity contribution in [3.05, 3.63) is 35.5 Å². The number of nitrogens with one attached hydrogen (secondary N) is 1. The van der Waals surface area contributed by atoms with Gasteiger partial charge in [-0.2, -0.15) is 4.98 Å². The summed E-state index contributed by atoms with van der Waals surface area (Å²) in [6, 6.07) is 7.10. The number of nitrogens with two attached hydrogens (primary N) is 2. The number of aryl methyl sites for hydroxylation is 1. The molecule has 10 heteroatoms. The number of piperazine rings is 1. The van der Waals surface area contributed by atoms with Gasteiger partial charge in [-0.25, -0.2) is 4.98 Å². The number of benzene rings is 1. The first-order valence-corrected chi connectivity index (χ1v) is 8.84. The molecule has 1 saturated heterocycles. The predicted molar refractivity (Wildman–Crippen MR) is 106 cm³/mol. The summed E-state index contributed by atoms with van der Waals surface area (Å²) in [6.45, 7) is 4.50. The molecule has 10 nitrogen and oxygen atoms in total. The Kier molecular flexibility index (Phi) is 5.48. The number of carbonyl (C=O) groups is 2. The van der Waals surface area contributed by atoms with Crippen LogP contribution in [0.3, 0.4) is 0 Å². The molecule has 1 aliphatic rings. The Bertz CT molecular complexity index is 854. The normalized spacial score (nSPS) is 14.0. The van der Waals surface area contributed by atoms with Crippen LogP contribution in [0.2, 0.25) is 0 Å². The average molecular weight is 385 g/mol. The molecule has 148 valence electrons. The van der Waals surface area contributed by atoms with Crippen LogP contribution in [0.4, 0.5) is 23.1 Å². The van der Waals surface area contributed by atoms with Crippen LogP contribution < -0.4 is 26.6 Å². The number of hydrogen-bond donors (Lipinski definition) is 4. The molecule has 2 heterocycles. The Morgan fingerprint density at radius 1 is 1.07 bits per heavy atom. The molecular formula is C18H23N7O3. The van der Waals surface area contributed by atoms with Crippen molar-refractivity contribution in [1.82, 2.24) is 15.3 Å². The van der Waals surface area contributed by atoms with Crippen molar-refractivity contribution in [2.45, 2.75) is 6.92 Å². The third-order valence-corrected chi connectivity index (χ3v) is 4.59. The number of carboxylic acids is 1. The number of carbonyl (C=O) groups excluding carboxylic acids is 1. The Morgan fingerprint density at radius 2 is 1.68 bits per heavy atom. The minimum absolute atomic E-state index is 0.171. The highest BCUT2D eigenvalue weighted by Crippen LogP contribution is 2.27. The van der Waals surface area contributed by atoms with E-state index in [1.807, 2.05) is 19.1 Å². The van der Waals surface area contributed by atoms with E-state index in [0.717, 1.165) is 43.2 Å². The number of nitrogen functional groups attached to an aromatic ring is 2. The monoisotopic (exact) mass is 385 g/mol. The van der Waals surface area contributed by atoms with Gasteiger partial charge in [-0.3, -0.25) is 9.59 Å². The molecule has 1 aromatic carbocycles. The lowest BCUT2D eigenvalue weighted by atomic mass is 10.1. The molecule has 0 spiro atoms. The van der Waals surface area contributed by atoms with E-state index in [1.165, 1.54) is 0 Å². The largest absolute Gasteiger partial charge is 0.480 e. The number of hydrogen-bond acceptors (Lipinski definition) is 8. The van der Waals surface area contributed by atoms with Gasteiger partial charge in [0.1, 0.15) is 12.2 Å². The van der Waals surface area contributed by atoms with E-state index in [9.17, 15) is 9.59 Å². The van der Waals surface area contributed by atoms with Crippen molar-refractivity contribution in [2.24, 2.45) is 0 Å². The van der Waals surface area contributed by atoms with Gasteiger partial charge < -0.3 is 31.7 Å². The minimum atomic E-state index is -1.08. The molecular weight excluding hydrogens is 362 g/mol. The zero-order valence-electron chi connectivity index (χ0n) is 15.6. The molecule has 0 radical (unpaired) electrons. The first kappa shape index (κ1) is 19.2. The lowest BCUT2D eigenvalue weighted by Gasteiger charge is -2.38. The van der Waals surface area contributed by atoms with Crippen molar-refractivity contribution < 1.29 is 14.7 Å². The molecule has 0 atom stereocenters. The summed E-state index contributed by atoms with van der Waals surface area (Å²) < 4.78 is 0. The van der Waals surface area contributed by atoms with Gasteiger partial charge in [-0.05, 0) is 31.2 Å². The molecule has 1 amide bonds. The van der Waals surface area contributed by atoms with E-state index in [2.05, 4.69) is 25.1 Å². The second-order valence-corrected chi connectivity index (χ2v) is 6.50. The van der Waals surface area contributed by atoms with Gasteiger partial charge in [0, 0.05) is 37.4 Å². The fourth-order valence-corrected chi connectivity index (χ4v) is 3.27. The first-order valence-electron chi connectivity index (χ1n) is 8.84. The average Bonchev–Trinajstić information content (AvgIpc) is 2.66. The van der Waals surface area contributed by atoms with Gasteiger partial charge in [-0.1, -0.05) is 0 Å². The van der Waals surface area contributed by atoms with Crippen LogP contribution in [-0.4, -0.2) is 59.7 Å². The Hall–Kier alpha value is -3.56. The zero-order chi connectivity index (χ0) is 20.3. The molecule has 1 aromatic heterocycles. The molecule has 2 aromatic rings. The molecule has 1 fully saturated rings. The summed E-state index contributed by atoms with van der Waals surface area (Å²) in [5.41, 5.74) is 14.7. The van der Waals surface area contributed by atoms with Crippen molar-refractivity contribution in [3.8, 4) is 0 Å². The van der Waals surface area contributed by atoms with Crippen LogP contribution in [0.1, 0.15) is 16.1 Å². The van der Waals surface area contributed by atoms with E-state index < -0.39 is 18.4 Å². The molecule has 6 N–H and O–H groups in total. The van der Waals surface area contributed by atoms with Crippen molar-refractivity contribution in [1.29, 1.82) is 0 Å². The van der Waals surface area contributed by atoms with Gasteiger partial charge >= 0.3 is 5.97 Å². The number of rotatable bonds is 5. The van der Waals surface area contributed by atoms with Crippen LogP contribution in [0, 0.1) is 6.92 Å². The Labute approximate surface area is 162 Å². The lowest BCUT2D eigenvalue weighted by molar-refractivity contribution is -0.135. The molecule has 3 rings (SSSR count). The number of aliphatic carboxylic acids is 1. The van der Waals surface area contributed by atoms with Gasteiger partial charge in [0.15, 0.2) is 5.82 Å². The highest BCUT2D eigenvalue weighted by molar-refractivity contribution is 5.96. The second-order valence-electron chi connectivity index (χ2n) is 6.50. The van der Waals surface area contributed by atoms with Crippen molar-refractivity contribution >= 4 is 35.0 Å². The Balaban J connectivity index is 1.62.